The Labute approximate surface area is 152 Å². The Kier molecular flexibility index (Phi) is 4.69. The topological polar surface area (TPSA) is 80.1 Å². The third-order valence-electron chi connectivity index (χ3n) is 4.94. The molecule has 26 heavy (non-hydrogen) atoms. The SMILES string of the molecule is O=C(NC1CC1)c1cn(CC2CC(=O)N(CCc3ccccc3)C2)nn1. The standard InChI is InChI=1S/C19H23N5O2/c25-18-10-15(11-23(18)9-8-14-4-2-1-3-5-14)12-24-13-17(21-22-24)19(26)20-16-6-7-16/h1-5,13,15-16H,6-12H2,(H,20,26). The number of benzene rings is 1. The molecule has 2 heterocycles. The predicted octanol–water partition coefficient (Wildman–Crippen LogP) is 1.26. The molecule has 0 bridgehead atoms. The van der Waals surface area contributed by atoms with Gasteiger partial charge in [-0.1, -0.05) is 35.5 Å². The van der Waals surface area contributed by atoms with Crippen molar-refractivity contribution in [3.63, 3.8) is 0 Å². The van der Waals surface area contributed by atoms with E-state index in [2.05, 4.69) is 27.8 Å². The average Bonchev–Trinajstić information content (AvgIpc) is 3.21. The van der Waals surface area contributed by atoms with Gasteiger partial charge in [-0.2, -0.15) is 0 Å². The summed E-state index contributed by atoms with van der Waals surface area (Å²) in [6, 6.07) is 10.5. The number of rotatable bonds is 7. The molecule has 4 rings (SSSR count). The zero-order valence-electron chi connectivity index (χ0n) is 14.7. The Hall–Kier alpha value is -2.70. The van der Waals surface area contributed by atoms with Gasteiger partial charge >= 0.3 is 0 Å². The first kappa shape index (κ1) is 16.8. The highest BCUT2D eigenvalue weighted by Crippen LogP contribution is 2.21. The van der Waals surface area contributed by atoms with Crippen molar-refractivity contribution < 1.29 is 9.59 Å². The van der Waals surface area contributed by atoms with Gasteiger partial charge in [0.25, 0.3) is 5.91 Å². The minimum absolute atomic E-state index is 0.161. The zero-order chi connectivity index (χ0) is 17.9. The van der Waals surface area contributed by atoms with Crippen LogP contribution in [0.15, 0.2) is 36.5 Å². The van der Waals surface area contributed by atoms with E-state index in [-0.39, 0.29) is 17.7 Å². The van der Waals surface area contributed by atoms with Crippen LogP contribution in [0.5, 0.6) is 0 Å². The molecule has 7 heteroatoms. The zero-order valence-corrected chi connectivity index (χ0v) is 14.7. The van der Waals surface area contributed by atoms with Crippen LogP contribution in [0.3, 0.4) is 0 Å². The maximum atomic E-state index is 12.3. The van der Waals surface area contributed by atoms with Crippen LogP contribution in [0.4, 0.5) is 0 Å². The van der Waals surface area contributed by atoms with Crippen molar-refractivity contribution >= 4 is 11.8 Å². The number of nitrogens with one attached hydrogen (secondary N) is 1. The normalized spacial score (nSPS) is 19.8. The molecule has 7 nitrogen and oxygen atoms in total. The van der Waals surface area contributed by atoms with Crippen molar-refractivity contribution in [3.8, 4) is 0 Å². The summed E-state index contributed by atoms with van der Waals surface area (Å²) in [4.78, 5) is 26.2. The minimum atomic E-state index is -0.161. The molecule has 1 N–H and O–H groups in total. The fourth-order valence-corrected chi connectivity index (χ4v) is 3.34. The number of nitrogens with zero attached hydrogens (tertiary/aromatic N) is 4. The second-order valence-electron chi connectivity index (χ2n) is 7.22. The van der Waals surface area contributed by atoms with Gasteiger partial charge in [-0.25, -0.2) is 0 Å². The van der Waals surface area contributed by atoms with Crippen molar-refractivity contribution in [2.45, 2.75) is 38.3 Å². The molecular formula is C19H23N5O2. The summed E-state index contributed by atoms with van der Waals surface area (Å²) >= 11 is 0. The Morgan fingerprint density at radius 1 is 1.23 bits per heavy atom. The van der Waals surface area contributed by atoms with Crippen molar-refractivity contribution in [2.75, 3.05) is 13.1 Å². The monoisotopic (exact) mass is 353 g/mol. The first-order valence-electron chi connectivity index (χ1n) is 9.20. The number of hydrogen-bond donors (Lipinski definition) is 1. The number of amides is 2. The van der Waals surface area contributed by atoms with Gasteiger partial charge in [-0.05, 0) is 24.8 Å². The summed E-state index contributed by atoms with van der Waals surface area (Å²) in [5.74, 6) is 0.239. The molecule has 2 aliphatic rings. The van der Waals surface area contributed by atoms with E-state index in [9.17, 15) is 9.59 Å². The van der Waals surface area contributed by atoms with E-state index in [4.69, 9.17) is 0 Å². The maximum Gasteiger partial charge on any atom is 0.273 e. The van der Waals surface area contributed by atoms with Crippen LogP contribution in [0.2, 0.25) is 0 Å². The summed E-state index contributed by atoms with van der Waals surface area (Å²) in [6.45, 7) is 2.08. The highest BCUT2D eigenvalue weighted by Gasteiger charge is 2.30. The molecule has 2 amide bonds. The molecule has 0 radical (unpaired) electrons. The van der Waals surface area contributed by atoms with Gasteiger partial charge in [0.2, 0.25) is 5.91 Å². The first-order chi connectivity index (χ1) is 12.7. The third-order valence-corrected chi connectivity index (χ3v) is 4.94. The van der Waals surface area contributed by atoms with Crippen LogP contribution in [-0.2, 0) is 17.8 Å². The number of hydrogen-bond acceptors (Lipinski definition) is 4. The Morgan fingerprint density at radius 2 is 2.04 bits per heavy atom. The largest absolute Gasteiger partial charge is 0.348 e. The molecule has 1 atom stereocenters. The third kappa shape index (κ3) is 4.09. The van der Waals surface area contributed by atoms with Gasteiger partial charge in [0, 0.05) is 38.0 Å². The molecule has 1 saturated carbocycles. The minimum Gasteiger partial charge on any atom is -0.348 e. The van der Waals surface area contributed by atoms with Crippen LogP contribution in [-0.4, -0.2) is 50.8 Å². The van der Waals surface area contributed by atoms with E-state index in [0.29, 0.717) is 24.7 Å². The molecule has 2 fully saturated rings. The van der Waals surface area contributed by atoms with Gasteiger partial charge < -0.3 is 10.2 Å². The molecule has 136 valence electrons. The summed E-state index contributed by atoms with van der Waals surface area (Å²) < 4.78 is 1.68. The Bertz CT molecular complexity index is 784. The predicted molar refractivity (Wildman–Crippen MR) is 95.3 cm³/mol. The summed E-state index contributed by atoms with van der Waals surface area (Å²) in [6.07, 6.45) is 5.16. The molecule has 1 aromatic heterocycles. The van der Waals surface area contributed by atoms with E-state index < -0.39 is 0 Å². The van der Waals surface area contributed by atoms with Crippen LogP contribution in [0.1, 0.15) is 35.3 Å². The highest BCUT2D eigenvalue weighted by atomic mass is 16.2. The molecule has 1 unspecified atom stereocenters. The van der Waals surface area contributed by atoms with E-state index in [1.165, 1.54) is 5.56 Å². The summed E-state index contributed by atoms with van der Waals surface area (Å²) in [5, 5.41) is 10.9. The lowest BCUT2D eigenvalue weighted by Gasteiger charge is -2.16. The molecular weight excluding hydrogens is 330 g/mol. The lowest BCUT2D eigenvalue weighted by atomic mass is 10.1. The smallest absolute Gasteiger partial charge is 0.273 e. The Balaban J connectivity index is 1.28. The van der Waals surface area contributed by atoms with E-state index >= 15 is 0 Å². The highest BCUT2D eigenvalue weighted by molar-refractivity contribution is 5.92. The van der Waals surface area contributed by atoms with Gasteiger partial charge in [-0.15, -0.1) is 5.10 Å². The fraction of sp³-hybridized carbons (Fsp3) is 0.474. The van der Waals surface area contributed by atoms with Crippen LogP contribution in [0.25, 0.3) is 0 Å². The van der Waals surface area contributed by atoms with E-state index in [1.54, 1.807) is 10.9 Å². The Morgan fingerprint density at radius 3 is 2.81 bits per heavy atom. The van der Waals surface area contributed by atoms with Gasteiger partial charge in [-0.3, -0.25) is 14.3 Å². The van der Waals surface area contributed by atoms with Crippen molar-refractivity contribution in [2.24, 2.45) is 5.92 Å². The maximum absolute atomic E-state index is 12.3. The molecule has 1 aliphatic heterocycles. The lowest BCUT2D eigenvalue weighted by Crippen LogP contribution is -2.28. The fourth-order valence-electron chi connectivity index (χ4n) is 3.34. The molecule has 2 aromatic rings. The summed E-state index contributed by atoms with van der Waals surface area (Å²) in [7, 11) is 0. The van der Waals surface area contributed by atoms with Crippen molar-refractivity contribution in [1.82, 2.24) is 25.2 Å². The summed E-state index contributed by atoms with van der Waals surface area (Å²) in [5.41, 5.74) is 1.59. The molecule has 1 saturated heterocycles. The number of carbonyl (C=O) groups excluding carboxylic acids is 2. The van der Waals surface area contributed by atoms with Gasteiger partial charge in [0.1, 0.15) is 0 Å². The quantitative estimate of drug-likeness (QED) is 0.813. The second kappa shape index (κ2) is 7.27. The first-order valence-corrected chi connectivity index (χ1v) is 9.20. The van der Waals surface area contributed by atoms with Crippen molar-refractivity contribution in [3.05, 3.63) is 47.8 Å². The second-order valence-corrected chi connectivity index (χ2v) is 7.22. The van der Waals surface area contributed by atoms with Crippen molar-refractivity contribution in [1.29, 1.82) is 0 Å². The average molecular weight is 353 g/mol. The number of likely N-dealkylation sites (tertiary alicyclic amines) is 1. The van der Waals surface area contributed by atoms with Gasteiger partial charge in [0.15, 0.2) is 5.69 Å². The molecule has 1 aliphatic carbocycles. The van der Waals surface area contributed by atoms with Crippen LogP contribution < -0.4 is 5.32 Å². The molecule has 1 aromatic carbocycles. The van der Waals surface area contributed by atoms with E-state index in [0.717, 1.165) is 32.4 Å². The lowest BCUT2D eigenvalue weighted by molar-refractivity contribution is -0.127. The van der Waals surface area contributed by atoms with Gasteiger partial charge in [0.05, 0.1) is 6.20 Å². The van der Waals surface area contributed by atoms with Crippen LogP contribution >= 0.6 is 0 Å². The van der Waals surface area contributed by atoms with Crippen LogP contribution in [0, 0.1) is 5.92 Å². The van der Waals surface area contributed by atoms with E-state index in [1.807, 2.05) is 23.1 Å². The number of aromatic nitrogens is 3. The molecule has 0 spiro atoms. The number of carbonyl (C=O) groups is 2.